The zero-order valence-corrected chi connectivity index (χ0v) is 13.9. The monoisotopic (exact) mass is 326 g/mol. The lowest BCUT2D eigenvalue weighted by molar-refractivity contribution is 0.328. The zero-order valence-electron chi connectivity index (χ0n) is 13.1. The molecule has 0 N–H and O–H groups in total. The van der Waals surface area contributed by atoms with Crippen molar-refractivity contribution in [3.05, 3.63) is 59.0 Å². The molecule has 4 rings (SSSR count). The van der Waals surface area contributed by atoms with E-state index in [-0.39, 0.29) is 0 Å². The van der Waals surface area contributed by atoms with Gasteiger partial charge in [0.2, 0.25) is 0 Å². The Kier molecular flexibility index (Phi) is 3.79. The minimum atomic E-state index is 0.579. The lowest BCUT2D eigenvalue weighted by Gasteiger charge is -2.17. The van der Waals surface area contributed by atoms with Crippen LogP contribution in [0.3, 0.4) is 0 Å². The Morgan fingerprint density at radius 1 is 1.30 bits per heavy atom. The van der Waals surface area contributed by atoms with E-state index in [2.05, 4.69) is 27.2 Å². The fraction of sp³-hybridized carbons (Fsp3) is 0.333. The van der Waals surface area contributed by atoms with E-state index in [9.17, 15) is 0 Å². The van der Waals surface area contributed by atoms with Gasteiger partial charge in [0, 0.05) is 48.9 Å². The molecule has 0 spiro atoms. The molecule has 0 radical (unpaired) electrons. The summed E-state index contributed by atoms with van der Waals surface area (Å²) >= 11 is 6.29. The maximum absolute atomic E-state index is 6.29. The molecule has 0 saturated carbocycles. The molecule has 1 unspecified atom stereocenters. The van der Waals surface area contributed by atoms with Crippen molar-refractivity contribution in [2.24, 2.45) is 7.05 Å². The zero-order chi connectivity index (χ0) is 15.8. The fourth-order valence-electron chi connectivity index (χ4n) is 3.46. The summed E-state index contributed by atoms with van der Waals surface area (Å²) < 4.78 is 1.88. The first-order valence-electron chi connectivity index (χ1n) is 7.94. The summed E-state index contributed by atoms with van der Waals surface area (Å²) in [5.74, 6) is 0.579. The Labute approximate surface area is 140 Å². The highest BCUT2D eigenvalue weighted by atomic mass is 35.5. The number of rotatable bonds is 3. The van der Waals surface area contributed by atoms with Crippen molar-refractivity contribution >= 4 is 22.5 Å². The summed E-state index contributed by atoms with van der Waals surface area (Å²) in [6, 6.07) is 8.06. The lowest BCUT2D eigenvalue weighted by atomic mass is 10.0. The van der Waals surface area contributed by atoms with Gasteiger partial charge in [0.15, 0.2) is 0 Å². The second kappa shape index (κ2) is 5.95. The lowest BCUT2D eigenvalue weighted by Crippen LogP contribution is -2.20. The van der Waals surface area contributed by atoms with Gasteiger partial charge in [0.05, 0.1) is 11.7 Å². The minimum absolute atomic E-state index is 0.579. The first kappa shape index (κ1) is 14.7. The molecule has 1 aromatic carbocycles. The molecule has 1 aliphatic rings. The molecule has 3 aromatic rings. The van der Waals surface area contributed by atoms with Crippen LogP contribution in [0.25, 0.3) is 10.9 Å². The summed E-state index contributed by atoms with van der Waals surface area (Å²) in [6.45, 7) is 3.10. The van der Waals surface area contributed by atoms with Gasteiger partial charge in [0.25, 0.3) is 0 Å². The van der Waals surface area contributed by atoms with Gasteiger partial charge in [-0.25, -0.2) is 0 Å². The Bertz CT molecular complexity index is 842. The first-order chi connectivity index (χ1) is 11.2. The van der Waals surface area contributed by atoms with Crippen molar-refractivity contribution in [1.82, 2.24) is 19.7 Å². The first-order valence-corrected chi connectivity index (χ1v) is 8.31. The van der Waals surface area contributed by atoms with Crippen molar-refractivity contribution in [2.75, 3.05) is 13.1 Å². The normalized spacial score (nSPS) is 18.8. The standard InChI is InChI=1S/C18H19ClN4/c1-22-10-15(9-21-22)13-6-8-23(11-13)12-14-4-5-17(19)16-3-2-7-20-18(14)16/h2-5,7,9-10,13H,6,8,11-12H2,1H3. The SMILES string of the molecule is Cn1cc(C2CCN(Cc3ccc(Cl)c4cccnc34)C2)cn1. The number of hydrogen-bond donors (Lipinski definition) is 0. The van der Waals surface area contributed by atoms with Crippen LogP contribution in [0.4, 0.5) is 0 Å². The van der Waals surface area contributed by atoms with E-state index in [0.717, 1.165) is 35.6 Å². The van der Waals surface area contributed by atoms with E-state index in [1.165, 1.54) is 17.5 Å². The van der Waals surface area contributed by atoms with Crippen molar-refractivity contribution in [3.63, 3.8) is 0 Å². The number of nitrogens with zero attached hydrogens (tertiary/aromatic N) is 4. The number of aryl methyl sites for hydroxylation is 1. The number of benzene rings is 1. The summed E-state index contributed by atoms with van der Waals surface area (Å²) in [5, 5.41) is 6.10. The number of pyridine rings is 1. The van der Waals surface area contributed by atoms with E-state index >= 15 is 0 Å². The van der Waals surface area contributed by atoms with E-state index < -0.39 is 0 Å². The van der Waals surface area contributed by atoms with Crippen LogP contribution in [-0.2, 0) is 13.6 Å². The Hall–Kier alpha value is -1.91. The van der Waals surface area contributed by atoms with E-state index in [4.69, 9.17) is 11.6 Å². The smallest absolute Gasteiger partial charge is 0.0761 e. The van der Waals surface area contributed by atoms with Gasteiger partial charge in [0.1, 0.15) is 0 Å². The average Bonchev–Trinajstić information content (AvgIpc) is 3.19. The van der Waals surface area contributed by atoms with Crippen molar-refractivity contribution in [2.45, 2.75) is 18.9 Å². The van der Waals surface area contributed by atoms with E-state index in [1.807, 2.05) is 42.3 Å². The van der Waals surface area contributed by atoms with Gasteiger partial charge in [-0.15, -0.1) is 0 Å². The number of aromatic nitrogens is 3. The number of halogens is 1. The largest absolute Gasteiger partial charge is 0.298 e. The summed E-state index contributed by atoms with van der Waals surface area (Å²) in [5.41, 5.74) is 3.61. The van der Waals surface area contributed by atoms with Gasteiger partial charge in [-0.2, -0.15) is 5.10 Å². The number of fused-ring (bicyclic) bond motifs is 1. The summed E-state index contributed by atoms with van der Waals surface area (Å²) in [4.78, 5) is 7.04. The van der Waals surface area contributed by atoms with E-state index in [0.29, 0.717) is 5.92 Å². The Morgan fingerprint density at radius 2 is 2.22 bits per heavy atom. The molecule has 1 atom stereocenters. The maximum Gasteiger partial charge on any atom is 0.0761 e. The van der Waals surface area contributed by atoms with Gasteiger partial charge < -0.3 is 0 Å². The van der Waals surface area contributed by atoms with Crippen molar-refractivity contribution in [1.29, 1.82) is 0 Å². The highest BCUT2D eigenvalue weighted by Crippen LogP contribution is 2.30. The number of likely N-dealkylation sites (tertiary alicyclic amines) is 1. The van der Waals surface area contributed by atoms with E-state index in [1.54, 1.807) is 0 Å². The molecular formula is C18H19ClN4. The predicted molar refractivity (Wildman–Crippen MR) is 92.6 cm³/mol. The third-order valence-corrected chi connectivity index (χ3v) is 4.99. The fourth-order valence-corrected chi connectivity index (χ4v) is 3.68. The molecule has 0 amide bonds. The van der Waals surface area contributed by atoms with Crippen LogP contribution in [0.5, 0.6) is 0 Å². The molecule has 118 valence electrons. The third kappa shape index (κ3) is 2.84. The second-order valence-electron chi connectivity index (χ2n) is 6.27. The van der Waals surface area contributed by atoms with Gasteiger partial charge >= 0.3 is 0 Å². The van der Waals surface area contributed by atoms with Gasteiger partial charge in [-0.05, 0) is 42.3 Å². The topological polar surface area (TPSA) is 34.0 Å². The molecule has 1 aliphatic heterocycles. The Morgan fingerprint density at radius 3 is 3.04 bits per heavy atom. The average molecular weight is 327 g/mol. The Balaban J connectivity index is 1.54. The van der Waals surface area contributed by atoms with Crippen LogP contribution in [0.2, 0.25) is 5.02 Å². The van der Waals surface area contributed by atoms with Crippen molar-refractivity contribution < 1.29 is 0 Å². The van der Waals surface area contributed by atoms with Crippen LogP contribution in [0.15, 0.2) is 42.9 Å². The molecule has 4 nitrogen and oxygen atoms in total. The van der Waals surface area contributed by atoms with Crippen LogP contribution in [0.1, 0.15) is 23.5 Å². The third-order valence-electron chi connectivity index (χ3n) is 4.66. The van der Waals surface area contributed by atoms with Crippen LogP contribution in [0, 0.1) is 0 Å². The molecule has 1 saturated heterocycles. The summed E-state index contributed by atoms with van der Waals surface area (Å²) in [7, 11) is 1.97. The van der Waals surface area contributed by atoms with Crippen LogP contribution in [-0.4, -0.2) is 32.8 Å². The highest BCUT2D eigenvalue weighted by molar-refractivity contribution is 6.35. The molecule has 0 aliphatic carbocycles. The molecule has 1 fully saturated rings. The minimum Gasteiger partial charge on any atom is -0.298 e. The molecule has 3 heterocycles. The van der Waals surface area contributed by atoms with Crippen LogP contribution >= 0.6 is 11.6 Å². The predicted octanol–water partition coefficient (Wildman–Crippen LogP) is 3.61. The van der Waals surface area contributed by atoms with Crippen LogP contribution < -0.4 is 0 Å². The molecule has 0 bridgehead atoms. The second-order valence-corrected chi connectivity index (χ2v) is 6.68. The van der Waals surface area contributed by atoms with Gasteiger partial charge in [-0.3, -0.25) is 14.6 Å². The molecule has 23 heavy (non-hydrogen) atoms. The molecule has 5 heteroatoms. The highest BCUT2D eigenvalue weighted by Gasteiger charge is 2.25. The summed E-state index contributed by atoms with van der Waals surface area (Å²) in [6.07, 6.45) is 7.15. The number of hydrogen-bond acceptors (Lipinski definition) is 3. The maximum atomic E-state index is 6.29. The quantitative estimate of drug-likeness (QED) is 0.737. The van der Waals surface area contributed by atoms with Gasteiger partial charge in [-0.1, -0.05) is 17.7 Å². The van der Waals surface area contributed by atoms with Crippen molar-refractivity contribution in [3.8, 4) is 0 Å². The molecule has 2 aromatic heterocycles. The molecular weight excluding hydrogens is 308 g/mol.